The van der Waals surface area contributed by atoms with E-state index in [1.165, 1.54) is 13.2 Å². The van der Waals surface area contributed by atoms with Crippen molar-refractivity contribution >= 4 is 29.6 Å². The molecule has 2 aromatic rings. The molecular formula is C19H18FN3O4S. The number of ether oxygens (including phenoxy) is 1. The van der Waals surface area contributed by atoms with Gasteiger partial charge in [0.05, 0.1) is 12.9 Å². The van der Waals surface area contributed by atoms with E-state index in [1.54, 1.807) is 49.4 Å². The van der Waals surface area contributed by atoms with Crippen molar-refractivity contribution in [2.24, 2.45) is 0 Å². The molecule has 2 N–H and O–H groups in total. The number of benzene rings is 2. The van der Waals surface area contributed by atoms with Gasteiger partial charge in [-0.2, -0.15) is 5.01 Å². The van der Waals surface area contributed by atoms with Crippen LogP contribution in [-0.4, -0.2) is 35.7 Å². The van der Waals surface area contributed by atoms with Gasteiger partial charge >= 0.3 is 6.03 Å². The normalized spacial score (nSPS) is 18.8. The Hall–Kier alpha value is -3.07. The number of carbonyl (C=O) groups excluding carboxylic acids is 3. The van der Waals surface area contributed by atoms with E-state index in [9.17, 15) is 18.8 Å². The first kappa shape index (κ1) is 19.7. The van der Waals surface area contributed by atoms with Crippen molar-refractivity contribution in [3.8, 4) is 5.75 Å². The molecule has 0 radical (unpaired) electrons. The standard InChI is InChI=1S/C19H18FN3O4S/c1-19(12-7-9-13(27-2)10-8-12)17(25)23(18(26)21-19)22-16(24)11-28-15-6-4-3-5-14(15)20/h3-10H,11H2,1-2H3,(H,21,26)(H,22,24)/t19-/m1/s1. The zero-order chi connectivity index (χ0) is 20.3. The average molecular weight is 403 g/mol. The van der Waals surface area contributed by atoms with Gasteiger partial charge in [0.15, 0.2) is 0 Å². The number of methoxy groups -OCH3 is 1. The largest absolute Gasteiger partial charge is 0.497 e. The van der Waals surface area contributed by atoms with Gasteiger partial charge < -0.3 is 10.1 Å². The Morgan fingerprint density at radius 1 is 1.21 bits per heavy atom. The summed E-state index contributed by atoms with van der Waals surface area (Å²) in [6, 6.07) is 12.0. The zero-order valence-corrected chi connectivity index (χ0v) is 16.0. The summed E-state index contributed by atoms with van der Waals surface area (Å²) in [6.07, 6.45) is 0. The number of nitrogens with zero attached hydrogens (tertiary/aromatic N) is 1. The Kier molecular flexibility index (Phi) is 5.55. The van der Waals surface area contributed by atoms with E-state index >= 15 is 0 Å². The smallest absolute Gasteiger partial charge is 0.344 e. The predicted octanol–water partition coefficient (Wildman–Crippen LogP) is 2.42. The summed E-state index contributed by atoms with van der Waals surface area (Å²) in [5, 5.41) is 3.23. The van der Waals surface area contributed by atoms with Gasteiger partial charge in [-0.1, -0.05) is 24.3 Å². The third kappa shape index (κ3) is 3.79. The van der Waals surface area contributed by atoms with Crippen molar-refractivity contribution in [2.45, 2.75) is 17.4 Å². The van der Waals surface area contributed by atoms with Crippen LogP contribution in [0.15, 0.2) is 53.4 Å². The molecule has 3 rings (SSSR count). The van der Waals surface area contributed by atoms with E-state index in [0.717, 1.165) is 11.8 Å². The highest BCUT2D eigenvalue weighted by atomic mass is 32.2. The minimum Gasteiger partial charge on any atom is -0.497 e. The minimum atomic E-state index is -1.32. The second-order valence-corrected chi connectivity index (χ2v) is 7.20. The van der Waals surface area contributed by atoms with E-state index in [4.69, 9.17) is 4.74 Å². The molecular weight excluding hydrogens is 385 g/mol. The molecule has 28 heavy (non-hydrogen) atoms. The summed E-state index contributed by atoms with van der Waals surface area (Å²) in [7, 11) is 1.52. The second kappa shape index (κ2) is 7.89. The molecule has 0 unspecified atom stereocenters. The first-order valence-electron chi connectivity index (χ1n) is 8.33. The Morgan fingerprint density at radius 2 is 1.89 bits per heavy atom. The van der Waals surface area contributed by atoms with Crippen molar-refractivity contribution in [1.82, 2.24) is 15.8 Å². The number of thioether (sulfide) groups is 1. The van der Waals surface area contributed by atoms with Crippen molar-refractivity contribution in [1.29, 1.82) is 0 Å². The summed E-state index contributed by atoms with van der Waals surface area (Å²) >= 11 is 0.971. The number of hydrazine groups is 1. The van der Waals surface area contributed by atoms with E-state index in [0.29, 0.717) is 21.2 Å². The fourth-order valence-corrected chi connectivity index (χ4v) is 3.45. The fraction of sp³-hybridized carbons (Fsp3) is 0.211. The van der Waals surface area contributed by atoms with E-state index in [-0.39, 0.29) is 5.75 Å². The Bertz CT molecular complexity index is 922. The van der Waals surface area contributed by atoms with E-state index in [2.05, 4.69) is 10.7 Å². The molecule has 1 fully saturated rings. The van der Waals surface area contributed by atoms with Crippen LogP contribution in [0.5, 0.6) is 5.75 Å². The van der Waals surface area contributed by atoms with Crippen LogP contribution in [0, 0.1) is 5.82 Å². The van der Waals surface area contributed by atoms with Crippen molar-refractivity contribution in [3.63, 3.8) is 0 Å². The topological polar surface area (TPSA) is 87.7 Å². The van der Waals surface area contributed by atoms with Gasteiger partial charge in [0.25, 0.3) is 5.91 Å². The lowest BCUT2D eigenvalue weighted by molar-refractivity contribution is -0.138. The number of imide groups is 1. The molecule has 0 spiro atoms. The molecule has 0 saturated carbocycles. The molecule has 2 aromatic carbocycles. The van der Waals surface area contributed by atoms with Crippen LogP contribution in [0.3, 0.4) is 0 Å². The van der Waals surface area contributed by atoms with Crippen LogP contribution in [0.25, 0.3) is 0 Å². The van der Waals surface area contributed by atoms with Crippen LogP contribution < -0.4 is 15.5 Å². The molecule has 1 aliphatic heterocycles. The van der Waals surface area contributed by atoms with Crippen LogP contribution >= 0.6 is 11.8 Å². The maximum absolute atomic E-state index is 13.6. The Balaban J connectivity index is 1.67. The number of hydrogen-bond donors (Lipinski definition) is 2. The zero-order valence-electron chi connectivity index (χ0n) is 15.2. The fourth-order valence-electron chi connectivity index (χ4n) is 2.72. The predicted molar refractivity (Wildman–Crippen MR) is 101 cm³/mol. The number of hydrogen-bond acceptors (Lipinski definition) is 5. The second-order valence-electron chi connectivity index (χ2n) is 6.18. The van der Waals surface area contributed by atoms with Crippen LogP contribution in [0.2, 0.25) is 0 Å². The van der Waals surface area contributed by atoms with Gasteiger partial charge in [0, 0.05) is 4.90 Å². The molecule has 0 bridgehead atoms. The lowest BCUT2D eigenvalue weighted by Gasteiger charge is -2.22. The number of nitrogens with one attached hydrogen (secondary N) is 2. The van der Waals surface area contributed by atoms with Crippen LogP contribution in [-0.2, 0) is 15.1 Å². The summed E-state index contributed by atoms with van der Waals surface area (Å²) in [6.45, 7) is 1.55. The molecule has 4 amide bonds. The summed E-state index contributed by atoms with van der Waals surface area (Å²) in [5.74, 6) is -1.21. The molecule has 1 heterocycles. The Morgan fingerprint density at radius 3 is 2.54 bits per heavy atom. The summed E-state index contributed by atoms with van der Waals surface area (Å²) < 4.78 is 18.7. The number of carbonyl (C=O) groups is 3. The first-order valence-corrected chi connectivity index (χ1v) is 9.32. The molecule has 146 valence electrons. The lowest BCUT2D eigenvalue weighted by Crippen LogP contribution is -2.48. The number of rotatable bonds is 6. The van der Waals surface area contributed by atoms with Crippen molar-refractivity contribution in [3.05, 3.63) is 59.9 Å². The molecule has 1 saturated heterocycles. The average Bonchev–Trinajstić information content (AvgIpc) is 2.91. The van der Waals surface area contributed by atoms with E-state index in [1.807, 2.05) is 0 Å². The monoisotopic (exact) mass is 403 g/mol. The maximum Gasteiger partial charge on any atom is 0.344 e. The van der Waals surface area contributed by atoms with Gasteiger partial charge in [0.2, 0.25) is 5.91 Å². The van der Waals surface area contributed by atoms with Gasteiger partial charge in [-0.3, -0.25) is 15.0 Å². The Labute approximate surface area is 165 Å². The highest BCUT2D eigenvalue weighted by Crippen LogP contribution is 2.29. The lowest BCUT2D eigenvalue weighted by atomic mass is 9.92. The van der Waals surface area contributed by atoms with E-state index < -0.39 is 29.2 Å². The van der Waals surface area contributed by atoms with Gasteiger partial charge in [0.1, 0.15) is 17.1 Å². The van der Waals surface area contributed by atoms with Crippen molar-refractivity contribution < 1.29 is 23.5 Å². The number of halogens is 1. The van der Waals surface area contributed by atoms with Gasteiger partial charge in [-0.25, -0.2) is 9.18 Å². The summed E-state index contributed by atoms with van der Waals surface area (Å²) in [4.78, 5) is 37.5. The quantitative estimate of drug-likeness (QED) is 0.571. The summed E-state index contributed by atoms with van der Waals surface area (Å²) in [5.41, 5.74) is 1.50. The van der Waals surface area contributed by atoms with Gasteiger partial charge in [-0.05, 0) is 36.8 Å². The molecule has 0 aromatic heterocycles. The maximum atomic E-state index is 13.6. The van der Waals surface area contributed by atoms with Gasteiger partial charge in [-0.15, -0.1) is 11.8 Å². The molecule has 9 heteroatoms. The number of urea groups is 1. The first-order chi connectivity index (χ1) is 13.3. The third-order valence-electron chi connectivity index (χ3n) is 4.29. The highest BCUT2D eigenvalue weighted by Gasteiger charge is 2.50. The van der Waals surface area contributed by atoms with Crippen LogP contribution in [0.4, 0.5) is 9.18 Å². The molecule has 7 nitrogen and oxygen atoms in total. The molecule has 1 atom stereocenters. The highest BCUT2D eigenvalue weighted by molar-refractivity contribution is 8.00. The SMILES string of the molecule is COc1ccc([C@@]2(C)NC(=O)N(NC(=O)CSc3ccccc3F)C2=O)cc1. The van der Waals surface area contributed by atoms with Crippen LogP contribution in [0.1, 0.15) is 12.5 Å². The molecule has 1 aliphatic rings. The third-order valence-corrected chi connectivity index (χ3v) is 5.34. The van der Waals surface area contributed by atoms with Crippen molar-refractivity contribution in [2.75, 3.05) is 12.9 Å². The number of amides is 4. The minimum absolute atomic E-state index is 0.156. The molecule has 0 aliphatic carbocycles.